The summed E-state index contributed by atoms with van der Waals surface area (Å²) in [5.41, 5.74) is -0.351. The first-order valence-electron chi connectivity index (χ1n) is 12.8. The molecule has 2 aromatic rings. The number of fused-ring (bicyclic) bond motifs is 3. The van der Waals surface area contributed by atoms with E-state index in [1.807, 2.05) is 0 Å². The minimum atomic E-state index is -4.81. The third kappa shape index (κ3) is 5.59. The zero-order valence-corrected chi connectivity index (χ0v) is 21.1. The van der Waals surface area contributed by atoms with E-state index in [0.717, 1.165) is 12.8 Å². The van der Waals surface area contributed by atoms with E-state index in [-0.39, 0.29) is 55.0 Å². The number of aryl methyl sites for hydroxylation is 2. The smallest absolute Gasteiger partial charge is 0.420 e. The number of piperidine rings is 1. The molecule has 38 heavy (non-hydrogen) atoms. The van der Waals surface area contributed by atoms with E-state index in [1.165, 1.54) is 7.11 Å². The number of furan rings is 1. The van der Waals surface area contributed by atoms with Gasteiger partial charge in [0.15, 0.2) is 0 Å². The first kappa shape index (κ1) is 26.7. The molecule has 1 aliphatic carbocycles. The molecular weight excluding hydrogens is 509 g/mol. The Morgan fingerprint density at radius 2 is 2.00 bits per heavy atom. The number of rotatable bonds is 7. The Morgan fingerprint density at radius 1 is 1.21 bits per heavy atom. The predicted octanol–water partition coefficient (Wildman–Crippen LogP) is 2.29. The van der Waals surface area contributed by atoms with Crippen molar-refractivity contribution >= 4 is 11.8 Å². The standard InChI is InChI=1S/C25H31F3N4O6/c1-35-14-19(33)31-6-4-15(5-7-31)11-32-12-16-2-3-18-20(22(16)30-32)21(25(26,27)28)23(38-18)24(34)29-10-17-13-36-8-9-37-17/h12,15,17H,2-11,13-14H2,1H3,(H,29,34)/t17-/m1/s1. The first-order chi connectivity index (χ1) is 18.2. The van der Waals surface area contributed by atoms with Gasteiger partial charge in [0.1, 0.15) is 17.9 Å². The van der Waals surface area contributed by atoms with Crippen molar-refractivity contribution in [2.45, 2.75) is 44.5 Å². The van der Waals surface area contributed by atoms with E-state index < -0.39 is 29.5 Å². The molecule has 10 nitrogen and oxygen atoms in total. The molecule has 1 N–H and O–H groups in total. The van der Waals surface area contributed by atoms with Crippen molar-refractivity contribution in [1.29, 1.82) is 0 Å². The fourth-order valence-electron chi connectivity index (χ4n) is 5.32. The van der Waals surface area contributed by atoms with Crippen LogP contribution < -0.4 is 5.32 Å². The molecule has 0 aromatic carbocycles. The number of aromatic nitrogens is 2. The van der Waals surface area contributed by atoms with Gasteiger partial charge < -0.3 is 28.8 Å². The maximum atomic E-state index is 14.3. The van der Waals surface area contributed by atoms with E-state index >= 15 is 0 Å². The van der Waals surface area contributed by atoms with Gasteiger partial charge in [0.2, 0.25) is 11.7 Å². The Bertz CT molecular complexity index is 1160. The number of alkyl halides is 3. The van der Waals surface area contributed by atoms with Crippen LogP contribution in [-0.2, 0) is 44.6 Å². The second-order valence-corrected chi connectivity index (χ2v) is 9.86. The third-order valence-corrected chi connectivity index (χ3v) is 7.22. The quantitative estimate of drug-likeness (QED) is 0.574. The predicted molar refractivity (Wildman–Crippen MR) is 126 cm³/mol. The number of likely N-dealkylation sites (tertiary alicyclic amines) is 1. The summed E-state index contributed by atoms with van der Waals surface area (Å²) in [6.45, 7) is 2.86. The zero-order valence-electron chi connectivity index (χ0n) is 21.1. The van der Waals surface area contributed by atoms with Crippen molar-refractivity contribution in [1.82, 2.24) is 20.0 Å². The average molecular weight is 541 g/mol. The molecule has 0 unspecified atom stereocenters. The van der Waals surface area contributed by atoms with Crippen molar-refractivity contribution in [3.05, 3.63) is 28.8 Å². The average Bonchev–Trinajstić information content (AvgIpc) is 3.49. The van der Waals surface area contributed by atoms with E-state index in [1.54, 1.807) is 15.8 Å². The molecule has 0 bridgehead atoms. The molecule has 2 aromatic heterocycles. The van der Waals surface area contributed by atoms with Crippen LogP contribution in [0.15, 0.2) is 10.6 Å². The van der Waals surface area contributed by atoms with Gasteiger partial charge in [-0.2, -0.15) is 18.3 Å². The lowest BCUT2D eigenvalue weighted by Gasteiger charge is -2.31. The Morgan fingerprint density at radius 3 is 2.68 bits per heavy atom. The number of halogens is 3. The molecule has 13 heteroatoms. The number of carbonyl (C=O) groups is 2. The van der Waals surface area contributed by atoms with Crippen molar-refractivity contribution < 1.29 is 41.4 Å². The van der Waals surface area contributed by atoms with Crippen molar-refractivity contribution in [2.75, 3.05) is 53.2 Å². The number of methoxy groups -OCH3 is 1. The molecule has 0 saturated carbocycles. The number of carbonyl (C=O) groups excluding carboxylic acids is 2. The zero-order chi connectivity index (χ0) is 26.9. The Labute approximate surface area is 217 Å². The van der Waals surface area contributed by atoms with Crippen LogP contribution in [0.25, 0.3) is 11.3 Å². The summed E-state index contributed by atoms with van der Waals surface area (Å²) in [5, 5.41) is 7.02. The van der Waals surface area contributed by atoms with Gasteiger partial charge in [-0.3, -0.25) is 14.3 Å². The lowest BCUT2D eigenvalue weighted by molar-refractivity contribution is -0.138. The minimum Gasteiger partial charge on any atom is -0.455 e. The summed E-state index contributed by atoms with van der Waals surface area (Å²) in [6, 6.07) is 0. The van der Waals surface area contributed by atoms with Gasteiger partial charge in [-0.15, -0.1) is 0 Å². The van der Waals surface area contributed by atoms with Gasteiger partial charge in [0.05, 0.1) is 37.2 Å². The molecule has 1 atom stereocenters. The molecule has 2 fully saturated rings. The molecule has 3 aliphatic rings. The molecule has 0 radical (unpaired) electrons. The third-order valence-electron chi connectivity index (χ3n) is 7.22. The van der Waals surface area contributed by atoms with Crippen LogP contribution >= 0.6 is 0 Å². The monoisotopic (exact) mass is 540 g/mol. The summed E-state index contributed by atoms with van der Waals surface area (Å²) in [4.78, 5) is 26.6. The number of nitrogens with one attached hydrogen (secondary N) is 1. The van der Waals surface area contributed by atoms with Crippen LogP contribution in [-0.4, -0.2) is 85.8 Å². The van der Waals surface area contributed by atoms with Crippen molar-refractivity contribution in [3.63, 3.8) is 0 Å². The van der Waals surface area contributed by atoms with Crippen LogP contribution in [0.4, 0.5) is 13.2 Å². The molecule has 208 valence electrons. The van der Waals surface area contributed by atoms with Crippen LogP contribution in [0.1, 0.15) is 40.3 Å². The van der Waals surface area contributed by atoms with Gasteiger partial charge in [0.25, 0.3) is 5.91 Å². The SMILES string of the molecule is COCC(=O)N1CCC(Cn2cc3c(n2)-c2c(oc(C(=O)NC[C@@H]4COCCO4)c2C(F)(F)F)CC3)CC1. The number of nitrogens with zero attached hydrogens (tertiary/aromatic N) is 3. The van der Waals surface area contributed by atoms with E-state index in [4.69, 9.17) is 18.6 Å². The highest BCUT2D eigenvalue weighted by atomic mass is 19.4. The summed E-state index contributed by atoms with van der Waals surface area (Å²) >= 11 is 0. The summed E-state index contributed by atoms with van der Waals surface area (Å²) in [6.07, 6.45) is -1.22. The van der Waals surface area contributed by atoms with Crippen LogP contribution in [0.5, 0.6) is 0 Å². The van der Waals surface area contributed by atoms with Gasteiger partial charge in [0, 0.05) is 45.9 Å². The maximum Gasteiger partial charge on any atom is 0.420 e. The number of hydrogen-bond acceptors (Lipinski definition) is 7. The summed E-state index contributed by atoms with van der Waals surface area (Å²) < 4.78 is 65.7. The maximum absolute atomic E-state index is 14.3. The molecule has 5 rings (SSSR count). The van der Waals surface area contributed by atoms with Crippen LogP contribution in [0, 0.1) is 5.92 Å². The summed E-state index contributed by atoms with van der Waals surface area (Å²) in [5.74, 6) is -1.40. The van der Waals surface area contributed by atoms with E-state index in [2.05, 4.69) is 10.4 Å². The van der Waals surface area contributed by atoms with Crippen LogP contribution in [0.2, 0.25) is 0 Å². The Kier molecular flexibility index (Phi) is 7.78. The normalized spacial score (nSPS) is 20.2. The molecule has 4 heterocycles. The van der Waals surface area contributed by atoms with Crippen molar-refractivity contribution in [3.8, 4) is 11.3 Å². The number of ether oxygens (including phenoxy) is 3. The lowest BCUT2D eigenvalue weighted by Crippen LogP contribution is -2.41. The minimum absolute atomic E-state index is 0.0112. The number of amides is 2. The molecular formula is C25H31F3N4O6. The highest BCUT2D eigenvalue weighted by Crippen LogP contribution is 2.46. The largest absolute Gasteiger partial charge is 0.455 e. The Hall–Kier alpha value is -2.90. The second kappa shape index (κ2) is 11.1. The highest BCUT2D eigenvalue weighted by Gasteiger charge is 2.45. The fraction of sp³-hybridized carbons (Fsp3) is 0.640. The Balaban J connectivity index is 1.33. The second-order valence-electron chi connectivity index (χ2n) is 9.86. The van der Waals surface area contributed by atoms with Gasteiger partial charge in [-0.05, 0) is 30.7 Å². The molecule has 2 saturated heterocycles. The van der Waals surface area contributed by atoms with Gasteiger partial charge in [-0.1, -0.05) is 0 Å². The fourth-order valence-corrected chi connectivity index (χ4v) is 5.32. The highest BCUT2D eigenvalue weighted by molar-refractivity contribution is 5.96. The van der Waals surface area contributed by atoms with Crippen LogP contribution in [0.3, 0.4) is 0 Å². The molecule has 2 amide bonds. The summed E-state index contributed by atoms with van der Waals surface area (Å²) in [7, 11) is 1.48. The number of hydrogen-bond donors (Lipinski definition) is 1. The van der Waals surface area contributed by atoms with E-state index in [9.17, 15) is 22.8 Å². The topological polar surface area (TPSA) is 108 Å². The van der Waals surface area contributed by atoms with E-state index in [0.29, 0.717) is 44.8 Å². The van der Waals surface area contributed by atoms with Gasteiger partial charge in [-0.25, -0.2) is 0 Å². The lowest BCUT2D eigenvalue weighted by atomic mass is 9.93. The molecule has 2 aliphatic heterocycles. The van der Waals surface area contributed by atoms with Gasteiger partial charge >= 0.3 is 6.18 Å². The first-order valence-corrected chi connectivity index (χ1v) is 12.8. The van der Waals surface area contributed by atoms with Crippen molar-refractivity contribution in [2.24, 2.45) is 5.92 Å². The molecule has 0 spiro atoms.